The number of aliphatic imine (C=N–C) groups is 1. The Labute approximate surface area is 100 Å². The zero-order chi connectivity index (χ0) is 12.3. The van der Waals surface area contributed by atoms with Crippen molar-refractivity contribution in [3.63, 3.8) is 0 Å². The van der Waals surface area contributed by atoms with E-state index in [1.807, 2.05) is 18.2 Å². The van der Waals surface area contributed by atoms with Gasteiger partial charge in [-0.25, -0.2) is 4.79 Å². The summed E-state index contributed by atoms with van der Waals surface area (Å²) >= 11 is 0. The number of benzene rings is 1. The van der Waals surface area contributed by atoms with Gasteiger partial charge in [0.15, 0.2) is 11.5 Å². The number of nitrogens with zero attached hydrogens (tertiary/aromatic N) is 1. The standard InChI is InChI=1S/C13H15NO3/c1-16-11-5-4-10(8-12(11)17-2)13(14-9-15)6-3-7-13/h4-5,8H,3,6-7H2,1-2H3. The Bertz CT molecular complexity index is 460. The third-order valence-corrected chi connectivity index (χ3v) is 3.36. The van der Waals surface area contributed by atoms with Crippen LogP contribution in [0, 0.1) is 0 Å². The topological polar surface area (TPSA) is 47.9 Å². The van der Waals surface area contributed by atoms with Crippen molar-refractivity contribution >= 4 is 6.08 Å². The van der Waals surface area contributed by atoms with Gasteiger partial charge in [0.05, 0.1) is 19.8 Å². The van der Waals surface area contributed by atoms with Gasteiger partial charge in [-0.3, -0.25) is 0 Å². The molecular formula is C13H15NO3. The molecule has 1 aromatic rings. The molecule has 1 aliphatic carbocycles. The Hall–Kier alpha value is -1.80. The van der Waals surface area contributed by atoms with Crippen LogP contribution in [0.25, 0.3) is 0 Å². The number of methoxy groups -OCH3 is 2. The second-order valence-corrected chi connectivity index (χ2v) is 4.16. The van der Waals surface area contributed by atoms with Gasteiger partial charge in [-0.05, 0) is 37.0 Å². The van der Waals surface area contributed by atoms with Gasteiger partial charge in [-0.1, -0.05) is 6.07 Å². The molecule has 1 aliphatic rings. The molecule has 1 aromatic carbocycles. The van der Waals surface area contributed by atoms with E-state index in [9.17, 15) is 4.79 Å². The van der Waals surface area contributed by atoms with Gasteiger partial charge >= 0.3 is 0 Å². The fourth-order valence-corrected chi connectivity index (χ4v) is 2.19. The Balaban J connectivity index is 2.42. The minimum Gasteiger partial charge on any atom is -0.493 e. The molecule has 0 aliphatic heterocycles. The summed E-state index contributed by atoms with van der Waals surface area (Å²) in [7, 11) is 3.19. The summed E-state index contributed by atoms with van der Waals surface area (Å²) in [5, 5.41) is 0. The highest BCUT2D eigenvalue weighted by Gasteiger charge is 2.39. The smallest absolute Gasteiger partial charge is 0.235 e. The normalized spacial score (nSPS) is 16.6. The van der Waals surface area contributed by atoms with Gasteiger partial charge in [0.1, 0.15) is 0 Å². The van der Waals surface area contributed by atoms with Crippen molar-refractivity contribution in [3.8, 4) is 11.5 Å². The molecule has 1 fully saturated rings. The van der Waals surface area contributed by atoms with E-state index < -0.39 is 0 Å². The van der Waals surface area contributed by atoms with E-state index in [1.54, 1.807) is 20.3 Å². The maximum Gasteiger partial charge on any atom is 0.235 e. The number of isocyanates is 1. The van der Waals surface area contributed by atoms with Crippen molar-refractivity contribution in [2.75, 3.05) is 14.2 Å². The molecule has 1 saturated carbocycles. The summed E-state index contributed by atoms with van der Waals surface area (Å²) in [4.78, 5) is 14.5. The lowest BCUT2D eigenvalue weighted by Crippen LogP contribution is -2.31. The van der Waals surface area contributed by atoms with E-state index in [1.165, 1.54) is 0 Å². The Morgan fingerprint density at radius 2 is 1.94 bits per heavy atom. The van der Waals surface area contributed by atoms with Crippen molar-refractivity contribution in [3.05, 3.63) is 23.8 Å². The average molecular weight is 233 g/mol. The predicted octanol–water partition coefficient (Wildman–Crippen LogP) is 2.42. The number of ether oxygens (including phenoxy) is 2. The lowest BCUT2D eigenvalue weighted by Gasteiger charge is -2.37. The van der Waals surface area contributed by atoms with Crippen molar-refractivity contribution < 1.29 is 14.3 Å². The van der Waals surface area contributed by atoms with Crippen molar-refractivity contribution in [2.45, 2.75) is 24.8 Å². The molecule has 2 rings (SSSR count). The molecular weight excluding hydrogens is 218 g/mol. The molecule has 0 N–H and O–H groups in total. The Morgan fingerprint density at radius 3 is 2.41 bits per heavy atom. The fraction of sp³-hybridized carbons (Fsp3) is 0.462. The SMILES string of the molecule is COc1ccc(C2(N=C=O)CCC2)cc1OC. The number of hydrogen-bond acceptors (Lipinski definition) is 4. The maximum atomic E-state index is 10.5. The highest BCUT2D eigenvalue weighted by atomic mass is 16.5. The molecule has 0 radical (unpaired) electrons. The lowest BCUT2D eigenvalue weighted by molar-refractivity contribution is 0.254. The van der Waals surface area contributed by atoms with Gasteiger partial charge in [-0.15, -0.1) is 0 Å². The van der Waals surface area contributed by atoms with E-state index in [-0.39, 0.29) is 5.54 Å². The molecule has 4 heteroatoms. The highest BCUT2D eigenvalue weighted by molar-refractivity contribution is 5.47. The summed E-state index contributed by atoms with van der Waals surface area (Å²) in [6, 6.07) is 5.66. The molecule has 0 unspecified atom stereocenters. The number of rotatable bonds is 4. The lowest BCUT2D eigenvalue weighted by atomic mass is 9.72. The zero-order valence-electron chi connectivity index (χ0n) is 10.0. The van der Waals surface area contributed by atoms with Gasteiger partial charge in [0.2, 0.25) is 6.08 Å². The largest absolute Gasteiger partial charge is 0.493 e. The van der Waals surface area contributed by atoms with Gasteiger partial charge in [0, 0.05) is 0 Å². The number of carbonyl (C=O) groups excluding carboxylic acids is 1. The third-order valence-electron chi connectivity index (χ3n) is 3.36. The molecule has 0 heterocycles. The van der Waals surface area contributed by atoms with Crippen LogP contribution in [0.3, 0.4) is 0 Å². The van der Waals surface area contributed by atoms with Gasteiger partial charge in [-0.2, -0.15) is 4.99 Å². The average Bonchev–Trinajstić information content (AvgIpc) is 2.33. The van der Waals surface area contributed by atoms with E-state index >= 15 is 0 Å². The highest BCUT2D eigenvalue weighted by Crippen LogP contribution is 2.46. The summed E-state index contributed by atoms with van der Waals surface area (Å²) < 4.78 is 10.4. The summed E-state index contributed by atoms with van der Waals surface area (Å²) in [5.41, 5.74) is 0.603. The van der Waals surface area contributed by atoms with E-state index in [0.29, 0.717) is 11.5 Å². The van der Waals surface area contributed by atoms with Gasteiger partial charge in [0.25, 0.3) is 0 Å². The molecule has 0 aromatic heterocycles. The van der Waals surface area contributed by atoms with Crippen LogP contribution in [0.2, 0.25) is 0 Å². The molecule has 17 heavy (non-hydrogen) atoms. The van der Waals surface area contributed by atoms with Crippen LogP contribution in [-0.2, 0) is 10.3 Å². The monoisotopic (exact) mass is 233 g/mol. The van der Waals surface area contributed by atoms with Crippen LogP contribution >= 0.6 is 0 Å². The van der Waals surface area contributed by atoms with E-state index in [4.69, 9.17) is 9.47 Å². The predicted molar refractivity (Wildman–Crippen MR) is 63.2 cm³/mol. The molecule has 0 saturated heterocycles. The van der Waals surface area contributed by atoms with Crippen molar-refractivity contribution in [1.29, 1.82) is 0 Å². The van der Waals surface area contributed by atoms with E-state index in [2.05, 4.69) is 4.99 Å². The minimum absolute atomic E-state index is 0.388. The summed E-state index contributed by atoms with van der Waals surface area (Å²) in [6.45, 7) is 0. The maximum absolute atomic E-state index is 10.5. The second kappa shape index (κ2) is 4.60. The van der Waals surface area contributed by atoms with Gasteiger partial charge < -0.3 is 9.47 Å². The first-order valence-electron chi connectivity index (χ1n) is 5.57. The van der Waals surface area contributed by atoms with E-state index in [0.717, 1.165) is 24.8 Å². The molecule has 0 spiro atoms. The van der Waals surface area contributed by atoms with Crippen molar-refractivity contribution in [1.82, 2.24) is 0 Å². The molecule has 4 nitrogen and oxygen atoms in total. The first kappa shape index (κ1) is 11.7. The molecule has 90 valence electrons. The minimum atomic E-state index is -0.388. The molecule has 0 amide bonds. The van der Waals surface area contributed by atoms with Crippen LogP contribution in [-0.4, -0.2) is 20.3 Å². The first-order valence-corrected chi connectivity index (χ1v) is 5.57. The van der Waals surface area contributed by atoms with Crippen molar-refractivity contribution in [2.24, 2.45) is 4.99 Å². The van der Waals surface area contributed by atoms with Crippen LogP contribution < -0.4 is 9.47 Å². The van der Waals surface area contributed by atoms with Crippen LogP contribution in [0.5, 0.6) is 11.5 Å². The van der Waals surface area contributed by atoms with Crippen LogP contribution in [0.4, 0.5) is 0 Å². The quantitative estimate of drug-likeness (QED) is 0.592. The Kier molecular flexibility index (Phi) is 3.16. The second-order valence-electron chi connectivity index (χ2n) is 4.16. The molecule has 0 bridgehead atoms. The van der Waals surface area contributed by atoms with Crippen LogP contribution in [0.15, 0.2) is 23.2 Å². The Morgan fingerprint density at radius 1 is 1.24 bits per heavy atom. The molecule has 0 atom stereocenters. The summed E-state index contributed by atoms with van der Waals surface area (Å²) in [5.74, 6) is 1.35. The fourth-order valence-electron chi connectivity index (χ4n) is 2.19. The number of hydrogen-bond donors (Lipinski definition) is 0. The zero-order valence-corrected chi connectivity index (χ0v) is 10.0. The summed E-state index contributed by atoms with van der Waals surface area (Å²) in [6.07, 6.45) is 4.53. The first-order chi connectivity index (χ1) is 8.25. The van der Waals surface area contributed by atoms with Crippen LogP contribution in [0.1, 0.15) is 24.8 Å². The third kappa shape index (κ3) is 1.92.